The molecule has 2 fully saturated rings. The monoisotopic (exact) mass is 271 g/mol. The first-order valence-corrected chi connectivity index (χ1v) is 8.11. The third kappa shape index (κ3) is 3.05. The van der Waals surface area contributed by atoms with E-state index in [0.29, 0.717) is 5.92 Å². The van der Waals surface area contributed by atoms with Crippen LogP contribution in [-0.2, 0) is 4.79 Å². The van der Waals surface area contributed by atoms with Gasteiger partial charge in [-0.3, -0.25) is 4.79 Å². The molecule has 1 amide bonds. The second kappa shape index (κ2) is 5.99. The summed E-state index contributed by atoms with van der Waals surface area (Å²) in [6.45, 7) is 2.29. The van der Waals surface area contributed by atoms with E-state index in [-0.39, 0.29) is 17.9 Å². The van der Waals surface area contributed by atoms with Crippen LogP contribution in [0.1, 0.15) is 57.1 Å². The number of rotatable bonds is 4. The Morgan fingerprint density at radius 1 is 1.15 bits per heavy atom. The van der Waals surface area contributed by atoms with Gasteiger partial charge in [0.25, 0.3) is 0 Å². The summed E-state index contributed by atoms with van der Waals surface area (Å²) in [7, 11) is 0. The molecule has 0 bridgehead atoms. The van der Waals surface area contributed by atoms with Crippen LogP contribution in [-0.4, -0.2) is 5.91 Å². The van der Waals surface area contributed by atoms with Gasteiger partial charge >= 0.3 is 0 Å². The lowest BCUT2D eigenvalue weighted by Crippen LogP contribution is -2.36. The van der Waals surface area contributed by atoms with E-state index < -0.39 is 0 Å². The van der Waals surface area contributed by atoms with E-state index in [2.05, 4.69) is 36.5 Å². The fourth-order valence-corrected chi connectivity index (χ4v) is 3.55. The molecule has 0 radical (unpaired) electrons. The van der Waals surface area contributed by atoms with Crippen molar-refractivity contribution in [2.45, 2.75) is 51.5 Å². The van der Waals surface area contributed by atoms with Crippen LogP contribution >= 0.6 is 0 Å². The van der Waals surface area contributed by atoms with Crippen LogP contribution < -0.4 is 5.32 Å². The Bertz CT molecular complexity index is 450. The molecule has 0 aliphatic heterocycles. The fourth-order valence-electron chi connectivity index (χ4n) is 3.55. The molecule has 0 aromatic heterocycles. The van der Waals surface area contributed by atoms with Crippen LogP contribution in [0.25, 0.3) is 0 Å². The van der Waals surface area contributed by atoms with Gasteiger partial charge in [0.1, 0.15) is 0 Å². The van der Waals surface area contributed by atoms with Gasteiger partial charge in [0.05, 0.1) is 6.04 Å². The average molecular weight is 271 g/mol. The first-order valence-electron chi connectivity index (χ1n) is 8.11. The number of nitrogens with one attached hydrogen (secondary N) is 1. The molecule has 1 aromatic carbocycles. The van der Waals surface area contributed by atoms with Gasteiger partial charge in [0.15, 0.2) is 0 Å². The lowest BCUT2D eigenvalue weighted by Gasteiger charge is -2.25. The summed E-state index contributed by atoms with van der Waals surface area (Å²) in [6.07, 6.45) is 7.12. The summed E-state index contributed by atoms with van der Waals surface area (Å²) in [6, 6.07) is 10.7. The van der Waals surface area contributed by atoms with Gasteiger partial charge < -0.3 is 5.32 Å². The van der Waals surface area contributed by atoms with E-state index in [1.54, 1.807) is 0 Å². The van der Waals surface area contributed by atoms with E-state index in [4.69, 9.17) is 0 Å². The Balaban J connectivity index is 1.69. The molecule has 2 nitrogen and oxygen atoms in total. The lowest BCUT2D eigenvalue weighted by molar-refractivity contribution is -0.126. The molecule has 0 saturated heterocycles. The highest BCUT2D eigenvalue weighted by atomic mass is 16.1. The van der Waals surface area contributed by atoms with E-state index in [1.807, 2.05) is 6.07 Å². The molecular formula is C18H25NO. The average Bonchev–Trinajstić information content (AvgIpc) is 3.23. The summed E-state index contributed by atoms with van der Waals surface area (Å²) < 4.78 is 0. The van der Waals surface area contributed by atoms with Gasteiger partial charge in [0.2, 0.25) is 5.91 Å². The van der Waals surface area contributed by atoms with Gasteiger partial charge in [-0.2, -0.15) is 0 Å². The molecule has 3 atom stereocenters. The predicted molar refractivity (Wildman–Crippen MR) is 81.2 cm³/mol. The minimum atomic E-state index is 0.223. The van der Waals surface area contributed by atoms with Crippen LogP contribution in [0.5, 0.6) is 0 Å². The molecule has 20 heavy (non-hydrogen) atoms. The topological polar surface area (TPSA) is 29.1 Å². The zero-order valence-electron chi connectivity index (χ0n) is 12.3. The Morgan fingerprint density at radius 3 is 2.40 bits per heavy atom. The summed E-state index contributed by atoms with van der Waals surface area (Å²) in [5.74, 6) is 1.92. The SMILES string of the molecule is CC1CC1C(NC(=O)C1CCCCC1)c1ccccc1. The maximum atomic E-state index is 12.5. The number of carbonyl (C=O) groups is 1. The van der Waals surface area contributed by atoms with Crippen molar-refractivity contribution >= 4 is 5.91 Å². The second-order valence-corrected chi connectivity index (χ2v) is 6.61. The third-order valence-corrected chi connectivity index (χ3v) is 5.03. The maximum Gasteiger partial charge on any atom is 0.223 e. The Morgan fingerprint density at radius 2 is 1.80 bits per heavy atom. The standard InChI is InChI=1S/C18H25NO/c1-13-12-16(13)17(14-8-4-2-5-9-14)19-18(20)15-10-6-3-7-11-15/h2,4-5,8-9,13,15-17H,3,6-7,10-12H2,1H3,(H,19,20). The second-order valence-electron chi connectivity index (χ2n) is 6.61. The highest BCUT2D eigenvalue weighted by molar-refractivity contribution is 5.79. The zero-order chi connectivity index (χ0) is 13.9. The van der Waals surface area contributed by atoms with Crippen molar-refractivity contribution < 1.29 is 4.79 Å². The van der Waals surface area contributed by atoms with Crippen molar-refractivity contribution in [1.82, 2.24) is 5.32 Å². The van der Waals surface area contributed by atoms with E-state index in [0.717, 1.165) is 18.8 Å². The van der Waals surface area contributed by atoms with Crippen LogP contribution in [0.2, 0.25) is 0 Å². The highest BCUT2D eigenvalue weighted by Crippen LogP contribution is 2.47. The zero-order valence-corrected chi connectivity index (χ0v) is 12.3. The third-order valence-electron chi connectivity index (χ3n) is 5.03. The van der Waals surface area contributed by atoms with Crippen molar-refractivity contribution in [1.29, 1.82) is 0 Å². The molecule has 1 N–H and O–H groups in total. The van der Waals surface area contributed by atoms with Crippen molar-refractivity contribution in [3.63, 3.8) is 0 Å². The fraction of sp³-hybridized carbons (Fsp3) is 0.611. The molecule has 3 unspecified atom stereocenters. The summed E-state index contributed by atoms with van der Waals surface area (Å²) >= 11 is 0. The van der Waals surface area contributed by atoms with Gasteiger partial charge in [-0.1, -0.05) is 56.5 Å². The van der Waals surface area contributed by atoms with Crippen molar-refractivity contribution in [2.24, 2.45) is 17.8 Å². The normalized spacial score (nSPS) is 27.9. The smallest absolute Gasteiger partial charge is 0.223 e. The Kier molecular flexibility index (Phi) is 4.09. The minimum Gasteiger partial charge on any atom is -0.349 e. The summed E-state index contributed by atoms with van der Waals surface area (Å²) in [5.41, 5.74) is 1.27. The molecule has 2 saturated carbocycles. The number of amides is 1. The quantitative estimate of drug-likeness (QED) is 0.878. The van der Waals surface area contributed by atoms with Crippen LogP contribution in [0.4, 0.5) is 0 Å². The van der Waals surface area contributed by atoms with Crippen LogP contribution in [0.15, 0.2) is 30.3 Å². The van der Waals surface area contributed by atoms with E-state index >= 15 is 0 Å². The Labute approximate surface area is 122 Å². The maximum absolute atomic E-state index is 12.5. The first kappa shape index (κ1) is 13.7. The van der Waals surface area contributed by atoms with Gasteiger partial charge in [-0.25, -0.2) is 0 Å². The molecule has 0 spiro atoms. The molecule has 0 heterocycles. The predicted octanol–water partition coefficient (Wildman–Crippen LogP) is 4.08. The molecule has 3 rings (SSSR count). The Hall–Kier alpha value is -1.31. The summed E-state index contributed by atoms with van der Waals surface area (Å²) in [5, 5.41) is 3.36. The van der Waals surface area contributed by atoms with Crippen LogP contribution in [0, 0.1) is 17.8 Å². The van der Waals surface area contributed by atoms with Crippen molar-refractivity contribution in [3.8, 4) is 0 Å². The lowest BCUT2D eigenvalue weighted by atomic mass is 9.88. The van der Waals surface area contributed by atoms with Gasteiger partial charge in [-0.05, 0) is 36.7 Å². The van der Waals surface area contributed by atoms with Crippen molar-refractivity contribution in [2.75, 3.05) is 0 Å². The van der Waals surface area contributed by atoms with Crippen LogP contribution in [0.3, 0.4) is 0 Å². The molecule has 1 aromatic rings. The highest BCUT2D eigenvalue weighted by Gasteiger charge is 2.41. The summed E-state index contributed by atoms with van der Waals surface area (Å²) in [4.78, 5) is 12.5. The number of carbonyl (C=O) groups excluding carboxylic acids is 1. The number of hydrogen-bond acceptors (Lipinski definition) is 1. The van der Waals surface area contributed by atoms with Crippen molar-refractivity contribution in [3.05, 3.63) is 35.9 Å². The van der Waals surface area contributed by atoms with E-state index in [9.17, 15) is 4.79 Å². The molecule has 108 valence electrons. The molecular weight excluding hydrogens is 246 g/mol. The molecule has 2 aliphatic rings. The number of hydrogen-bond donors (Lipinski definition) is 1. The molecule has 2 aliphatic carbocycles. The molecule has 2 heteroatoms. The number of benzene rings is 1. The largest absolute Gasteiger partial charge is 0.349 e. The van der Waals surface area contributed by atoms with Gasteiger partial charge in [0, 0.05) is 5.92 Å². The first-order chi connectivity index (χ1) is 9.75. The van der Waals surface area contributed by atoms with E-state index in [1.165, 1.54) is 31.2 Å². The van der Waals surface area contributed by atoms with Gasteiger partial charge in [-0.15, -0.1) is 0 Å². The minimum absolute atomic E-state index is 0.223.